The highest BCUT2D eigenvalue weighted by Crippen LogP contribution is 2.39. The Morgan fingerprint density at radius 2 is 1.72 bits per heavy atom. The molecule has 0 saturated carbocycles. The van der Waals surface area contributed by atoms with Crippen molar-refractivity contribution in [3.63, 3.8) is 0 Å². The van der Waals surface area contributed by atoms with Gasteiger partial charge < -0.3 is 19.5 Å². The maximum Gasteiger partial charge on any atom is 0.122 e. The molecule has 0 atom stereocenters. The van der Waals surface area contributed by atoms with E-state index in [1.54, 1.807) is 19.9 Å². The van der Waals surface area contributed by atoms with Gasteiger partial charge in [0.1, 0.15) is 5.75 Å². The molecule has 102 valence electrons. The Morgan fingerprint density at radius 3 is 2.11 bits per heavy atom. The summed E-state index contributed by atoms with van der Waals surface area (Å²) in [6, 6.07) is 1.63. The summed E-state index contributed by atoms with van der Waals surface area (Å²) >= 11 is 0. The fraction of sp³-hybridized carbons (Fsp3) is 0.538. The van der Waals surface area contributed by atoms with Crippen molar-refractivity contribution in [2.45, 2.75) is 46.2 Å². The lowest BCUT2D eigenvalue weighted by Gasteiger charge is -2.32. The second-order valence-corrected chi connectivity index (χ2v) is 7.24. The van der Waals surface area contributed by atoms with Crippen LogP contribution in [0.3, 0.4) is 0 Å². The Kier molecular flexibility index (Phi) is 3.97. The first-order chi connectivity index (χ1) is 7.93. The van der Waals surface area contributed by atoms with Crippen molar-refractivity contribution in [1.82, 2.24) is 0 Å². The van der Waals surface area contributed by atoms with Gasteiger partial charge in [0.05, 0.1) is 0 Å². The van der Waals surface area contributed by atoms with Crippen LogP contribution < -0.4 is 9.79 Å². The molecule has 1 aromatic rings. The van der Waals surface area contributed by atoms with Crippen molar-refractivity contribution in [3.05, 3.63) is 28.3 Å². The van der Waals surface area contributed by atoms with Gasteiger partial charge in [-0.3, -0.25) is 0 Å². The normalized spacial score (nSPS) is 12.8. The SMILES string of the molecule is Cc1c(CP(=O)([O-])[O-])cc(C(C)(C)C)c(O)c1C. The molecule has 0 heterocycles. The van der Waals surface area contributed by atoms with Gasteiger partial charge in [-0.1, -0.05) is 34.4 Å². The molecule has 0 aliphatic heterocycles. The Labute approximate surface area is 108 Å². The lowest BCUT2D eigenvalue weighted by Crippen LogP contribution is -2.18. The van der Waals surface area contributed by atoms with Crippen LogP contribution in [-0.2, 0) is 16.1 Å². The molecule has 1 rings (SSSR count). The average molecular weight is 270 g/mol. The molecule has 4 nitrogen and oxygen atoms in total. The molecule has 1 N–H and O–H groups in total. The van der Waals surface area contributed by atoms with Crippen molar-refractivity contribution < 1.29 is 19.5 Å². The van der Waals surface area contributed by atoms with Crippen LogP contribution >= 0.6 is 7.60 Å². The van der Waals surface area contributed by atoms with Crippen LogP contribution in [0, 0.1) is 13.8 Å². The van der Waals surface area contributed by atoms with E-state index in [2.05, 4.69) is 0 Å². The highest BCUT2D eigenvalue weighted by molar-refractivity contribution is 7.47. The summed E-state index contributed by atoms with van der Waals surface area (Å²) in [4.78, 5) is 21.8. The molecule has 1 aromatic carbocycles. The van der Waals surface area contributed by atoms with E-state index in [4.69, 9.17) is 0 Å². The van der Waals surface area contributed by atoms with Gasteiger partial charge in [-0.2, -0.15) is 0 Å². The van der Waals surface area contributed by atoms with Crippen molar-refractivity contribution >= 4 is 7.60 Å². The molecule has 0 aliphatic carbocycles. The summed E-state index contributed by atoms with van der Waals surface area (Å²) in [5.41, 5.74) is 2.11. The van der Waals surface area contributed by atoms with E-state index in [1.807, 2.05) is 20.8 Å². The molecule has 0 bridgehead atoms. The van der Waals surface area contributed by atoms with Crippen molar-refractivity contribution in [2.75, 3.05) is 0 Å². The van der Waals surface area contributed by atoms with Crippen LogP contribution in [0.25, 0.3) is 0 Å². The smallest absolute Gasteiger partial charge is 0.122 e. The molecule has 0 fully saturated rings. The Morgan fingerprint density at radius 1 is 1.22 bits per heavy atom. The molecular weight excluding hydrogens is 251 g/mol. The first kappa shape index (κ1) is 15.2. The van der Waals surface area contributed by atoms with Crippen LogP contribution in [0.4, 0.5) is 0 Å². The van der Waals surface area contributed by atoms with E-state index in [0.29, 0.717) is 22.3 Å². The second kappa shape index (κ2) is 4.69. The minimum absolute atomic E-state index is 0.176. The van der Waals surface area contributed by atoms with Crippen LogP contribution in [0.2, 0.25) is 0 Å². The summed E-state index contributed by atoms with van der Waals surface area (Å²) in [5.74, 6) is 0.176. The quantitative estimate of drug-likeness (QED) is 0.829. The van der Waals surface area contributed by atoms with Gasteiger partial charge in [0.25, 0.3) is 0 Å². The number of hydrogen-bond donors (Lipinski definition) is 1. The Bertz CT molecular complexity index is 509. The van der Waals surface area contributed by atoms with E-state index in [0.717, 1.165) is 0 Å². The third kappa shape index (κ3) is 3.35. The van der Waals surface area contributed by atoms with Crippen LogP contribution in [0.5, 0.6) is 5.75 Å². The minimum Gasteiger partial charge on any atom is -0.810 e. The zero-order valence-corrected chi connectivity index (χ0v) is 12.3. The monoisotopic (exact) mass is 270 g/mol. The van der Waals surface area contributed by atoms with E-state index >= 15 is 0 Å². The first-order valence-electron chi connectivity index (χ1n) is 5.77. The Hall–Kier alpha value is -0.830. The molecule has 18 heavy (non-hydrogen) atoms. The maximum absolute atomic E-state index is 10.9. The van der Waals surface area contributed by atoms with Crippen LogP contribution in [-0.4, -0.2) is 5.11 Å². The van der Waals surface area contributed by atoms with Crippen molar-refractivity contribution in [3.8, 4) is 5.75 Å². The maximum atomic E-state index is 10.9. The molecule has 0 aromatic heterocycles. The highest BCUT2D eigenvalue weighted by Gasteiger charge is 2.22. The average Bonchev–Trinajstić information content (AvgIpc) is 2.15. The van der Waals surface area contributed by atoms with E-state index < -0.39 is 13.8 Å². The van der Waals surface area contributed by atoms with Crippen molar-refractivity contribution in [2.24, 2.45) is 0 Å². The largest absolute Gasteiger partial charge is 0.810 e. The molecule has 0 unspecified atom stereocenters. The summed E-state index contributed by atoms with van der Waals surface area (Å²) < 4.78 is 10.9. The van der Waals surface area contributed by atoms with E-state index in [-0.39, 0.29) is 11.2 Å². The van der Waals surface area contributed by atoms with Gasteiger partial charge in [-0.25, -0.2) is 0 Å². The first-order valence-corrected chi connectivity index (χ1v) is 7.50. The molecule has 0 radical (unpaired) electrons. The lowest BCUT2D eigenvalue weighted by molar-refractivity contribution is -0.314. The topological polar surface area (TPSA) is 83.4 Å². The lowest BCUT2D eigenvalue weighted by atomic mass is 9.83. The standard InChI is InChI=1S/C13H21O4P/c1-8-9(2)12(14)11(13(3,4)5)6-10(8)7-18(15,16)17/h6,14H,7H2,1-5H3,(H2,15,16,17)/p-2. The van der Waals surface area contributed by atoms with E-state index in [1.165, 1.54) is 0 Å². The second-order valence-electron chi connectivity index (χ2n) is 5.70. The predicted octanol–water partition coefficient (Wildman–Crippen LogP) is 1.72. The van der Waals surface area contributed by atoms with Gasteiger partial charge in [0, 0.05) is 6.16 Å². The number of phenolic OH excluding ortho intramolecular Hbond substituents is 1. The predicted molar refractivity (Wildman–Crippen MR) is 67.6 cm³/mol. The van der Waals surface area contributed by atoms with Gasteiger partial charge >= 0.3 is 0 Å². The van der Waals surface area contributed by atoms with Crippen molar-refractivity contribution in [1.29, 1.82) is 0 Å². The van der Waals surface area contributed by atoms with Gasteiger partial charge in [0.15, 0.2) is 0 Å². The zero-order valence-electron chi connectivity index (χ0n) is 11.4. The summed E-state index contributed by atoms with van der Waals surface area (Å²) in [6.45, 7) is 9.22. The number of aromatic hydroxyl groups is 1. The van der Waals surface area contributed by atoms with Gasteiger partial charge in [0.2, 0.25) is 0 Å². The molecule has 0 amide bonds. The van der Waals surface area contributed by atoms with Gasteiger partial charge in [-0.05, 0) is 41.5 Å². The summed E-state index contributed by atoms with van der Waals surface area (Å²) in [7, 11) is -4.60. The molecular formula is C13H19O4P-2. The minimum atomic E-state index is -4.60. The number of hydrogen-bond acceptors (Lipinski definition) is 4. The van der Waals surface area contributed by atoms with E-state index in [9.17, 15) is 19.5 Å². The zero-order chi connectivity index (χ0) is 14.3. The fourth-order valence-corrected chi connectivity index (χ4v) is 2.66. The fourth-order valence-electron chi connectivity index (χ4n) is 1.92. The third-order valence-electron chi connectivity index (χ3n) is 3.15. The highest BCUT2D eigenvalue weighted by atomic mass is 31.2. The van der Waals surface area contributed by atoms with Crippen LogP contribution in [0.1, 0.15) is 43.0 Å². The molecule has 5 heteroatoms. The molecule has 0 spiro atoms. The van der Waals surface area contributed by atoms with Gasteiger partial charge in [-0.15, -0.1) is 0 Å². The third-order valence-corrected chi connectivity index (χ3v) is 3.87. The summed E-state index contributed by atoms with van der Waals surface area (Å²) in [6.07, 6.45) is -0.511. The van der Waals surface area contributed by atoms with Crippen LogP contribution in [0.15, 0.2) is 6.07 Å². The number of benzene rings is 1. The summed E-state index contributed by atoms with van der Waals surface area (Å²) in [5, 5.41) is 10.1. The number of phenols is 1. The Balaban J connectivity index is 3.47. The molecule has 0 aliphatic rings. The molecule has 0 saturated heterocycles. The number of rotatable bonds is 2.